The van der Waals surface area contributed by atoms with E-state index < -0.39 is 5.60 Å². The first-order valence-corrected chi connectivity index (χ1v) is 11.1. The zero-order valence-electron chi connectivity index (χ0n) is 18.9. The Labute approximate surface area is 200 Å². The predicted octanol–water partition coefficient (Wildman–Crippen LogP) is 3.98. The summed E-state index contributed by atoms with van der Waals surface area (Å²) in [5, 5.41) is 21.7. The Morgan fingerprint density at radius 1 is 0.971 bits per heavy atom. The van der Waals surface area contributed by atoms with Gasteiger partial charge in [-0.15, -0.1) is 10.2 Å². The first-order chi connectivity index (χ1) is 16.3. The number of aliphatic hydroxyl groups is 1. The van der Waals surface area contributed by atoms with Gasteiger partial charge in [-0.25, -0.2) is 4.79 Å². The van der Waals surface area contributed by atoms with Gasteiger partial charge in [-0.05, 0) is 42.3 Å². The van der Waals surface area contributed by atoms with E-state index in [2.05, 4.69) is 15.2 Å². The molecule has 0 aliphatic heterocycles. The lowest BCUT2D eigenvalue weighted by atomic mass is 9.84. The zero-order chi connectivity index (χ0) is 24.0. The van der Waals surface area contributed by atoms with E-state index >= 15 is 0 Å². The van der Waals surface area contributed by atoms with Crippen LogP contribution in [0.25, 0.3) is 22.2 Å². The summed E-state index contributed by atoms with van der Waals surface area (Å²) < 4.78 is 3.18. The molecule has 0 bridgehead atoms. The molecule has 8 heteroatoms. The van der Waals surface area contributed by atoms with Crippen molar-refractivity contribution in [2.24, 2.45) is 14.1 Å². The van der Waals surface area contributed by atoms with Crippen molar-refractivity contribution in [1.82, 2.24) is 24.3 Å². The molecule has 0 fully saturated rings. The maximum Gasteiger partial charge on any atom is 0.348 e. The number of benzene rings is 3. The Balaban J connectivity index is 1.84. The topological polar surface area (TPSA) is 85.8 Å². The molecule has 0 spiro atoms. The second-order valence-corrected chi connectivity index (χ2v) is 8.82. The molecular weight excluding hydrogens is 450 g/mol. The fourth-order valence-electron chi connectivity index (χ4n) is 4.26. The first-order valence-electron chi connectivity index (χ1n) is 10.7. The van der Waals surface area contributed by atoms with Gasteiger partial charge in [0.15, 0.2) is 11.4 Å². The van der Waals surface area contributed by atoms with Crippen LogP contribution < -0.4 is 5.69 Å². The van der Waals surface area contributed by atoms with Gasteiger partial charge in [0, 0.05) is 30.1 Å². The van der Waals surface area contributed by atoms with E-state index in [0.717, 1.165) is 5.56 Å². The standard InChI is InChI=1S/C26H22ClN5O2/c1-16-7-9-18(10-8-16)26(34,24-30-28-15-31(24)2)19-11-12-22-21(14-19)23(29-25(33)32(22)3)17-5-4-6-20(27)13-17/h4-15,34H,1-3H3. The van der Waals surface area contributed by atoms with Crippen LogP contribution in [0.4, 0.5) is 0 Å². The van der Waals surface area contributed by atoms with Crippen molar-refractivity contribution in [2.75, 3.05) is 0 Å². The van der Waals surface area contributed by atoms with E-state index in [1.165, 1.54) is 4.57 Å². The highest BCUT2D eigenvalue weighted by Crippen LogP contribution is 2.38. The second kappa shape index (κ2) is 8.20. The van der Waals surface area contributed by atoms with Gasteiger partial charge in [0.2, 0.25) is 0 Å². The summed E-state index contributed by atoms with van der Waals surface area (Å²) >= 11 is 6.23. The van der Waals surface area contributed by atoms with E-state index in [0.29, 0.717) is 44.1 Å². The molecule has 34 heavy (non-hydrogen) atoms. The molecule has 1 atom stereocenters. The lowest BCUT2D eigenvalue weighted by Gasteiger charge is -2.29. The van der Waals surface area contributed by atoms with Gasteiger partial charge < -0.3 is 9.67 Å². The highest BCUT2D eigenvalue weighted by molar-refractivity contribution is 6.30. The Morgan fingerprint density at radius 3 is 2.38 bits per heavy atom. The molecule has 5 aromatic rings. The van der Waals surface area contributed by atoms with Crippen molar-refractivity contribution in [2.45, 2.75) is 12.5 Å². The minimum absolute atomic E-state index is 0.373. The van der Waals surface area contributed by atoms with Crippen molar-refractivity contribution < 1.29 is 5.11 Å². The average molecular weight is 472 g/mol. The summed E-state index contributed by atoms with van der Waals surface area (Å²) in [7, 11) is 3.46. The molecule has 5 rings (SSSR count). The maximum atomic E-state index is 12.6. The van der Waals surface area contributed by atoms with Crippen molar-refractivity contribution >= 4 is 22.5 Å². The lowest BCUT2D eigenvalue weighted by molar-refractivity contribution is 0.112. The number of hydrogen-bond acceptors (Lipinski definition) is 5. The van der Waals surface area contributed by atoms with E-state index in [-0.39, 0.29) is 5.69 Å². The number of hydrogen-bond donors (Lipinski definition) is 1. The van der Waals surface area contributed by atoms with Gasteiger partial charge in [-0.3, -0.25) is 4.57 Å². The third kappa shape index (κ3) is 3.50. The van der Waals surface area contributed by atoms with E-state index in [1.807, 2.05) is 55.5 Å². The molecule has 170 valence electrons. The Morgan fingerprint density at radius 2 is 1.71 bits per heavy atom. The van der Waals surface area contributed by atoms with Crippen LogP contribution in [0.15, 0.2) is 77.9 Å². The van der Waals surface area contributed by atoms with Crippen molar-refractivity contribution in [3.8, 4) is 11.3 Å². The Kier molecular flexibility index (Phi) is 5.31. The smallest absolute Gasteiger partial charge is 0.348 e. The molecule has 0 saturated carbocycles. The van der Waals surface area contributed by atoms with Crippen LogP contribution in [0.5, 0.6) is 0 Å². The van der Waals surface area contributed by atoms with Crippen LogP contribution in [0.1, 0.15) is 22.5 Å². The Bertz CT molecular complexity index is 1590. The summed E-state index contributed by atoms with van der Waals surface area (Å²) in [6.45, 7) is 1.99. The van der Waals surface area contributed by atoms with E-state index in [9.17, 15) is 9.90 Å². The third-order valence-corrected chi connectivity index (χ3v) is 6.36. The van der Waals surface area contributed by atoms with Crippen LogP contribution >= 0.6 is 11.6 Å². The first kappa shape index (κ1) is 22.0. The van der Waals surface area contributed by atoms with Crippen LogP contribution in [-0.4, -0.2) is 29.4 Å². The molecule has 2 heterocycles. The zero-order valence-corrected chi connectivity index (χ0v) is 19.7. The molecule has 2 aromatic heterocycles. The highest BCUT2D eigenvalue weighted by Gasteiger charge is 2.38. The van der Waals surface area contributed by atoms with Gasteiger partial charge in [0.1, 0.15) is 6.33 Å². The molecular formula is C26H22ClN5O2. The fraction of sp³-hybridized carbons (Fsp3) is 0.154. The molecule has 0 radical (unpaired) electrons. The summed E-state index contributed by atoms with van der Waals surface area (Å²) in [4.78, 5) is 17.0. The normalized spacial score (nSPS) is 13.2. The van der Waals surface area contributed by atoms with Crippen LogP contribution in [0, 0.1) is 6.92 Å². The molecule has 0 aliphatic rings. The van der Waals surface area contributed by atoms with Crippen molar-refractivity contribution in [3.05, 3.63) is 111 Å². The van der Waals surface area contributed by atoms with Crippen LogP contribution in [-0.2, 0) is 19.7 Å². The minimum atomic E-state index is -1.59. The fourth-order valence-corrected chi connectivity index (χ4v) is 4.45. The molecule has 1 N–H and O–H groups in total. The number of fused-ring (bicyclic) bond motifs is 1. The number of aryl methyl sites for hydroxylation is 3. The van der Waals surface area contributed by atoms with Gasteiger partial charge in [-0.1, -0.05) is 59.6 Å². The van der Waals surface area contributed by atoms with E-state index in [1.54, 1.807) is 43.2 Å². The van der Waals surface area contributed by atoms with Gasteiger partial charge in [0.25, 0.3) is 0 Å². The summed E-state index contributed by atoms with van der Waals surface area (Å²) in [6, 6.07) is 20.3. The quantitative estimate of drug-likeness (QED) is 0.428. The minimum Gasteiger partial charge on any atom is -0.373 e. The highest BCUT2D eigenvalue weighted by atomic mass is 35.5. The monoisotopic (exact) mass is 471 g/mol. The molecule has 7 nitrogen and oxygen atoms in total. The predicted molar refractivity (Wildman–Crippen MR) is 132 cm³/mol. The molecule has 1 unspecified atom stereocenters. The SMILES string of the molecule is Cc1ccc(C(O)(c2ccc3c(c2)c(-c2cccc(Cl)c2)nc(=O)n3C)c2nncn2C)cc1. The van der Waals surface area contributed by atoms with Gasteiger partial charge in [-0.2, -0.15) is 4.98 Å². The van der Waals surface area contributed by atoms with Gasteiger partial charge in [0.05, 0.1) is 11.2 Å². The molecule has 3 aromatic carbocycles. The number of rotatable bonds is 4. The average Bonchev–Trinajstić information content (AvgIpc) is 3.27. The lowest BCUT2D eigenvalue weighted by Crippen LogP contribution is -2.32. The summed E-state index contributed by atoms with van der Waals surface area (Å²) in [5.74, 6) is 0.373. The molecule has 0 aliphatic carbocycles. The summed E-state index contributed by atoms with van der Waals surface area (Å²) in [5.41, 5.74) is 2.22. The largest absolute Gasteiger partial charge is 0.373 e. The molecule has 0 saturated heterocycles. The van der Waals surface area contributed by atoms with Crippen molar-refractivity contribution in [3.63, 3.8) is 0 Å². The van der Waals surface area contributed by atoms with Crippen LogP contribution in [0.3, 0.4) is 0 Å². The van der Waals surface area contributed by atoms with Gasteiger partial charge >= 0.3 is 5.69 Å². The number of aromatic nitrogens is 5. The number of halogens is 1. The maximum absolute atomic E-state index is 12.6. The summed E-state index contributed by atoms with van der Waals surface area (Å²) in [6.07, 6.45) is 1.55. The third-order valence-electron chi connectivity index (χ3n) is 6.13. The van der Waals surface area contributed by atoms with Crippen molar-refractivity contribution in [1.29, 1.82) is 0 Å². The molecule has 0 amide bonds. The second-order valence-electron chi connectivity index (χ2n) is 8.39. The van der Waals surface area contributed by atoms with Crippen LogP contribution in [0.2, 0.25) is 5.02 Å². The number of nitrogens with zero attached hydrogens (tertiary/aromatic N) is 5. The Hall–Kier alpha value is -3.81. The van der Waals surface area contributed by atoms with E-state index in [4.69, 9.17) is 11.6 Å².